The Labute approximate surface area is 113 Å². The largest absolute Gasteiger partial charge is 0.368 e. The monoisotopic (exact) mass is 269 g/mol. The fraction of sp³-hybridized carbons (Fsp3) is 0.615. The highest BCUT2D eigenvalue weighted by Crippen LogP contribution is 2.06. The van der Waals surface area contributed by atoms with Crippen molar-refractivity contribution in [2.45, 2.75) is 45.7 Å². The average Bonchev–Trinajstić information content (AvgIpc) is 2.25. The van der Waals surface area contributed by atoms with Gasteiger partial charge in [-0.1, -0.05) is 19.9 Å². The van der Waals surface area contributed by atoms with E-state index in [1.807, 2.05) is 13.8 Å². The van der Waals surface area contributed by atoms with Gasteiger partial charge in [0.1, 0.15) is 12.1 Å². The number of nitrogens with one attached hydrogen (secondary N) is 2. The summed E-state index contributed by atoms with van der Waals surface area (Å²) in [5, 5.41) is 5.10. The van der Waals surface area contributed by atoms with Crippen molar-refractivity contribution in [2.24, 2.45) is 11.7 Å². The fourth-order valence-corrected chi connectivity index (χ4v) is 1.63. The van der Waals surface area contributed by atoms with Crippen LogP contribution in [0.25, 0.3) is 0 Å². The molecular formula is C13H23N3O3. The van der Waals surface area contributed by atoms with Crippen molar-refractivity contribution in [2.75, 3.05) is 0 Å². The van der Waals surface area contributed by atoms with Gasteiger partial charge in [-0.15, -0.1) is 6.58 Å². The quantitative estimate of drug-likeness (QED) is 0.544. The summed E-state index contributed by atoms with van der Waals surface area (Å²) in [6.07, 6.45) is 2.26. The highest BCUT2D eigenvalue weighted by molar-refractivity contribution is 5.91. The molecule has 4 N–H and O–H groups in total. The van der Waals surface area contributed by atoms with Gasteiger partial charge in [0.15, 0.2) is 0 Å². The molecule has 0 aliphatic rings. The molecule has 0 aromatic carbocycles. The second kappa shape index (κ2) is 8.29. The summed E-state index contributed by atoms with van der Waals surface area (Å²) in [6.45, 7) is 8.73. The molecule has 0 bridgehead atoms. The van der Waals surface area contributed by atoms with Crippen LogP contribution >= 0.6 is 0 Å². The van der Waals surface area contributed by atoms with Gasteiger partial charge in [-0.05, 0) is 18.8 Å². The van der Waals surface area contributed by atoms with Crippen LogP contribution in [-0.2, 0) is 14.4 Å². The van der Waals surface area contributed by atoms with Crippen LogP contribution in [0.4, 0.5) is 0 Å². The Kier molecular flexibility index (Phi) is 7.48. The minimum atomic E-state index is -0.798. The third-order valence-corrected chi connectivity index (χ3v) is 2.46. The number of carbonyl (C=O) groups excluding carboxylic acids is 3. The molecule has 0 radical (unpaired) electrons. The Morgan fingerprint density at radius 2 is 1.79 bits per heavy atom. The summed E-state index contributed by atoms with van der Waals surface area (Å²) in [7, 11) is 0. The van der Waals surface area contributed by atoms with Crippen LogP contribution in [-0.4, -0.2) is 29.8 Å². The van der Waals surface area contributed by atoms with E-state index in [1.54, 1.807) is 0 Å². The molecule has 0 fully saturated rings. The third kappa shape index (κ3) is 7.23. The van der Waals surface area contributed by atoms with E-state index in [-0.39, 0.29) is 18.2 Å². The topological polar surface area (TPSA) is 101 Å². The molecule has 0 heterocycles. The van der Waals surface area contributed by atoms with Crippen LogP contribution in [0.3, 0.4) is 0 Å². The number of amides is 3. The van der Waals surface area contributed by atoms with Gasteiger partial charge in [-0.25, -0.2) is 0 Å². The molecule has 3 amide bonds. The second-order valence-electron chi connectivity index (χ2n) is 4.87. The SMILES string of the molecule is C=CC[C@H](NC(=O)[C@H](CC(C)C)NC(C)=O)C(N)=O. The summed E-state index contributed by atoms with van der Waals surface area (Å²) in [6, 6.07) is -1.46. The number of nitrogens with two attached hydrogens (primary N) is 1. The zero-order chi connectivity index (χ0) is 15.0. The van der Waals surface area contributed by atoms with Crippen molar-refractivity contribution in [3.63, 3.8) is 0 Å². The summed E-state index contributed by atoms with van der Waals surface area (Å²) in [4.78, 5) is 34.3. The molecule has 0 rings (SSSR count). The van der Waals surface area contributed by atoms with Gasteiger partial charge in [0, 0.05) is 6.92 Å². The van der Waals surface area contributed by atoms with Crippen LogP contribution in [0, 0.1) is 5.92 Å². The molecule has 0 aromatic rings. The van der Waals surface area contributed by atoms with Crippen LogP contribution in [0.2, 0.25) is 0 Å². The summed E-state index contributed by atoms with van der Waals surface area (Å²) in [5.74, 6) is -1.09. The predicted octanol–water partition coefficient (Wildman–Crippen LogP) is 0.0834. The molecule has 0 saturated carbocycles. The molecule has 6 heteroatoms. The Morgan fingerprint density at radius 3 is 2.16 bits per heavy atom. The number of primary amides is 1. The summed E-state index contributed by atoms with van der Waals surface area (Å²) < 4.78 is 0. The van der Waals surface area contributed by atoms with Gasteiger partial charge in [-0.2, -0.15) is 0 Å². The lowest BCUT2D eigenvalue weighted by atomic mass is 10.0. The molecule has 2 atom stereocenters. The fourth-order valence-electron chi connectivity index (χ4n) is 1.63. The lowest BCUT2D eigenvalue weighted by Gasteiger charge is -2.22. The average molecular weight is 269 g/mol. The van der Waals surface area contributed by atoms with Crippen LogP contribution in [0.1, 0.15) is 33.6 Å². The number of hydrogen-bond donors (Lipinski definition) is 3. The molecule has 0 aromatic heterocycles. The molecule has 108 valence electrons. The zero-order valence-corrected chi connectivity index (χ0v) is 11.7. The maximum Gasteiger partial charge on any atom is 0.243 e. The first kappa shape index (κ1) is 17.2. The second-order valence-corrected chi connectivity index (χ2v) is 4.87. The van der Waals surface area contributed by atoms with Crippen molar-refractivity contribution in [1.29, 1.82) is 0 Å². The van der Waals surface area contributed by atoms with E-state index in [0.717, 1.165) is 0 Å². The maximum absolute atomic E-state index is 12.0. The molecule has 0 spiro atoms. The first-order chi connectivity index (χ1) is 8.77. The summed E-state index contributed by atoms with van der Waals surface area (Å²) >= 11 is 0. The molecule has 0 saturated heterocycles. The van der Waals surface area contributed by atoms with E-state index in [9.17, 15) is 14.4 Å². The first-order valence-electron chi connectivity index (χ1n) is 6.25. The van der Waals surface area contributed by atoms with Crippen molar-refractivity contribution < 1.29 is 14.4 Å². The van der Waals surface area contributed by atoms with Crippen LogP contribution in [0.15, 0.2) is 12.7 Å². The standard InChI is InChI=1S/C13H23N3O3/c1-5-6-10(12(14)18)16-13(19)11(7-8(2)3)15-9(4)17/h5,8,10-11H,1,6-7H2,2-4H3,(H2,14,18)(H,15,17)(H,16,19)/t10-,11-/m0/s1. The predicted molar refractivity (Wildman–Crippen MR) is 73.0 cm³/mol. The highest BCUT2D eigenvalue weighted by Gasteiger charge is 2.24. The van der Waals surface area contributed by atoms with Crippen molar-refractivity contribution >= 4 is 17.7 Å². The van der Waals surface area contributed by atoms with E-state index in [2.05, 4.69) is 17.2 Å². The Morgan fingerprint density at radius 1 is 1.21 bits per heavy atom. The minimum Gasteiger partial charge on any atom is -0.368 e. The van der Waals surface area contributed by atoms with E-state index in [4.69, 9.17) is 5.73 Å². The zero-order valence-electron chi connectivity index (χ0n) is 11.7. The van der Waals surface area contributed by atoms with E-state index >= 15 is 0 Å². The minimum absolute atomic E-state index is 0.231. The Balaban J connectivity index is 4.72. The highest BCUT2D eigenvalue weighted by atomic mass is 16.2. The van der Waals surface area contributed by atoms with Crippen molar-refractivity contribution in [3.8, 4) is 0 Å². The van der Waals surface area contributed by atoms with Crippen LogP contribution in [0.5, 0.6) is 0 Å². The van der Waals surface area contributed by atoms with Gasteiger partial charge in [-0.3, -0.25) is 14.4 Å². The van der Waals surface area contributed by atoms with E-state index < -0.39 is 23.9 Å². The molecule has 19 heavy (non-hydrogen) atoms. The number of hydrogen-bond acceptors (Lipinski definition) is 3. The lowest BCUT2D eigenvalue weighted by molar-refractivity contribution is -0.131. The molecule has 0 unspecified atom stereocenters. The molecule has 0 aliphatic carbocycles. The molecular weight excluding hydrogens is 246 g/mol. The first-order valence-corrected chi connectivity index (χ1v) is 6.25. The molecule has 6 nitrogen and oxygen atoms in total. The third-order valence-electron chi connectivity index (χ3n) is 2.46. The van der Waals surface area contributed by atoms with Gasteiger partial charge in [0.25, 0.3) is 0 Å². The molecule has 0 aliphatic heterocycles. The Hall–Kier alpha value is -1.85. The van der Waals surface area contributed by atoms with E-state index in [0.29, 0.717) is 6.42 Å². The van der Waals surface area contributed by atoms with Crippen molar-refractivity contribution in [3.05, 3.63) is 12.7 Å². The van der Waals surface area contributed by atoms with Gasteiger partial charge in [0.2, 0.25) is 17.7 Å². The smallest absolute Gasteiger partial charge is 0.243 e. The maximum atomic E-state index is 12.0. The van der Waals surface area contributed by atoms with E-state index in [1.165, 1.54) is 13.0 Å². The Bertz CT molecular complexity index is 353. The summed E-state index contributed by atoms with van der Waals surface area (Å²) in [5.41, 5.74) is 5.18. The number of rotatable bonds is 8. The lowest BCUT2D eigenvalue weighted by Crippen LogP contribution is -2.52. The van der Waals surface area contributed by atoms with Gasteiger partial charge in [0.05, 0.1) is 0 Å². The van der Waals surface area contributed by atoms with Gasteiger partial charge >= 0.3 is 0 Å². The number of carbonyl (C=O) groups is 3. The van der Waals surface area contributed by atoms with Gasteiger partial charge < -0.3 is 16.4 Å². The van der Waals surface area contributed by atoms with Crippen LogP contribution < -0.4 is 16.4 Å². The van der Waals surface area contributed by atoms with Crippen molar-refractivity contribution in [1.82, 2.24) is 10.6 Å². The normalized spacial score (nSPS) is 13.5.